The maximum atomic E-state index is 12.0. The van der Waals surface area contributed by atoms with E-state index in [0.29, 0.717) is 24.5 Å². The molecule has 0 aromatic heterocycles. The third-order valence-electron chi connectivity index (χ3n) is 3.08. The van der Waals surface area contributed by atoms with Gasteiger partial charge in [-0.15, -0.1) is 0 Å². The van der Waals surface area contributed by atoms with E-state index in [1.165, 1.54) is 0 Å². The molecule has 21 heavy (non-hydrogen) atoms. The van der Waals surface area contributed by atoms with E-state index < -0.39 is 0 Å². The first kappa shape index (κ1) is 15.5. The molecule has 0 saturated carbocycles. The number of rotatable bonds is 6. The number of ether oxygens (including phenoxy) is 1. The summed E-state index contributed by atoms with van der Waals surface area (Å²) in [5, 5.41) is 3.61. The monoisotopic (exact) mass is 303 g/mol. The standard InChI is InChI=1S/C17H18ClNO2/c1-21-12-14-3-2-4-16(11-14)19-17(20)10-7-13-5-8-15(18)9-6-13/h2-6,8-9,11H,7,10,12H2,1H3,(H,19,20). The molecule has 2 aromatic rings. The van der Waals surface area contributed by atoms with E-state index in [1.54, 1.807) is 7.11 Å². The molecular formula is C17H18ClNO2. The number of hydrogen-bond donors (Lipinski definition) is 1. The molecule has 0 atom stereocenters. The third kappa shape index (κ3) is 5.21. The summed E-state index contributed by atoms with van der Waals surface area (Å²) in [4.78, 5) is 12.0. The number of halogens is 1. The first-order valence-electron chi connectivity index (χ1n) is 6.79. The Balaban J connectivity index is 1.86. The average molecular weight is 304 g/mol. The van der Waals surface area contributed by atoms with E-state index in [0.717, 1.165) is 16.8 Å². The molecule has 1 amide bonds. The van der Waals surface area contributed by atoms with Crippen LogP contribution < -0.4 is 5.32 Å². The summed E-state index contributed by atoms with van der Waals surface area (Å²) < 4.78 is 5.08. The Morgan fingerprint density at radius 2 is 1.90 bits per heavy atom. The first-order chi connectivity index (χ1) is 10.2. The molecule has 0 bridgehead atoms. The summed E-state index contributed by atoms with van der Waals surface area (Å²) >= 11 is 5.83. The van der Waals surface area contributed by atoms with Gasteiger partial charge in [0.05, 0.1) is 6.61 Å². The molecule has 2 aromatic carbocycles. The summed E-state index contributed by atoms with van der Waals surface area (Å²) in [6, 6.07) is 15.2. The summed E-state index contributed by atoms with van der Waals surface area (Å²) in [5.74, 6) is -0.000447. The van der Waals surface area contributed by atoms with Gasteiger partial charge in [-0.3, -0.25) is 4.79 Å². The van der Waals surface area contributed by atoms with Crippen LogP contribution in [0.25, 0.3) is 0 Å². The van der Waals surface area contributed by atoms with Crippen LogP contribution in [0.1, 0.15) is 17.5 Å². The van der Waals surface area contributed by atoms with Gasteiger partial charge < -0.3 is 10.1 Å². The van der Waals surface area contributed by atoms with Crippen LogP contribution in [-0.4, -0.2) is 13.0 Å². The van der Waals surface area contributed by atoms with Crippen LogP contribution in [0.2, 0.25) is 5.02 Å². The number of hydrogen-bond acceptors (Lipinski definition) is 2. The Kier molecular flexibility index (Phi) is 5.78. The molecule has 0 radical (unpaired) electrons. The number of carbonyl (C=O) groups is 1. The fraction of sp³-hybridized carbons (Fsp3) is 0.235. The zero-order valence-corrected chi connectivity index (χ0v) is 12.7. The molecule has 4 heteroatoms. The molecule has 0 unspecified atom stereocenters. The minimum absolute atomic E-state index is 0.000447. The molecule has 0 fully saturated rings. The lowest BCUT2D eigenvalue weighted by Crippen LogP contribution is -2.12. The number of aryl methyl sites for hydroxylation is 1. The highest BCUT2D eigenvalue weighted by Gasteiger charge is 2.04. The number of nitrogens with one attached hydrogen (secondary N) is 1. The van der Waals surface area contributed by atoms with Gasteiger partial charge >= 0.3 is 0 Å². The number of amides is 1. The fourth-order valence-electron chi connectivity index (χ4n) is 2.04. The smallest absolute Gasteiger partial charge is 0.224 e. The Hall–Kier alpha value is -1.84. The van der Waals surface area contributed by atoms with Gasteiger partial charge in [-0.2, -0.15) is 0 Å². The van der Waals surface area contributed by atoms with Crippen LogP contribution in [0.3, 0.4) is 0 Å². The average Bonchev–Trinajstić information content (AvgIpc) is 2.47. The lowest BCUT2D eigenvalue weighted by molar-refractivity contribution is -0.116. The maximum Gasteiger partial charge on any atom is 0.224 e. The molecule has 0 aliphatic rings. The highest BCUT2D eigenvalue weighted by molar-refractivity contribution is 6.30. The lowest BCUT2D eigenvalue weighted by Gasteiger charge is -2.07. The normalized spacial score (nSPS) is 10.4. The van der Waals surface area contributed by atoms with Crippen molar-refractivity contribution in [2.45, 2.75) is 19.4 Å². The number of benzene rings is 2. The van der Waals surface area contributed by atoms with Gasteiger partial charge in [0.25, 0.3) is 0 Å². The molecular weight excluding hydrogens is 286 g/mol. The minimum atomic E-state index is -0.000447. The molecule has 3 nitrogen and oxygen atoms in total. The maximum absolute atomic E-state index is 12.0. The van der Waals surface area contributed by atoms with Crippen LogP contribution in [0.4, 0.5) is 5.69 Å². The van der Waals surface area contributed by atoms with Crippen LogP contribution in [0, 0.1) is 0 Å². The van der Waals surface area contributed by atoms with Crippen LogP contribution in [0.15, 0.2) is 48.5 Å². The predicted molar refractivity (Wildman–Crippen MR) is 85.6 cm³/mol. The SMILES string of the molecule is COCc1cccc(NC(=O)CCc2ccc(Cl)cc2)c1. The molecule has 2 rings (SSSR count). The van der Waals surface area contributed by atoms with Crippen molar-refractivity contribution in [1.29, 1.82) is 0 Å². The molecule has 0 aliphatic carbocycles. The molecule has 0 aliphatic heterocycles. The second kappa shape index (κ2) is 7.81. The summed E-state index contributed by atoms with van der Waals surface area (Å²) in [7, 11) is 1.65. The number of methoxy groups -OCH3 is 1. The first-order valence-corrected chi connectivity index (χ1v) is 7.17. The van der Waals surface area contributed by atoms with Crippen molar-refractivity contribution in [1.82, 2.24) is 0 Å². The zero-order chi connectivity index (χ0) is 15.1. The predicted octanol–water partition coefficient (Wildman–Crippen LogP) is 4.06. The van der Waals surface area contributed by atoms with E-state index in [1.807, 2.05) is 48.5 Å². The van der Waals surface area contributed by atoms with Crippen molar-refractivity contribution in [3.63, 3.8) is 0 Å². The van der Waals surface area contributed by atoms with Gasteiger partial charge in [-0.05, 0) is 41.8 Å². The van der Waals surface area contributed by atoms with Gasteiger partial charge in [-0.25, -0.2) is 0 Å². The quantitative estimate of drug-likeness (QED) is 0.874. The van der Waals surface area contributed by atoms with Crippen LogP contribution >= 0.6 is 11.6 Å². The van der Waals surface area contributed by atoms with Gasteiger partial charge in [0, 0.05) is 24.2 Å². The highest BCUT2D eigenvalue weighted by Crippen LogP contribution is 2.13. The van der Waals surface area contributed by atoms with E-state index in [-0.39, 0.29) is 5.91 Å². The van der Waals surface area contributed by atoms with Gasteiger partial charge in [0.2, 0.25) is 5.91 Å². The van der Waals surface area contributed by atoms with Crippen LogP contribution in [-0.2, 0) is 22.6 Å². The molecule has 0 saturated heterocycles. The number of anilines is 1. The molecule has 0 spiro atoms. The van der Waals surface area contributed by atoms with Crippen molar-refractivity contribution < 1.29 is 9.53 Å². The molecule has 0 heterocycles. The molecule has 1 N–H and O–H groups in total. The number of carbonyl (C=O) groups excluding carboxylic acids is 1. The zero-order valence-electron chi connectivity index (χ0n) is 11.9. The summed E-state index contributed by atoms with van der Waals surface area (Å²) in [6.45, 7) is 0.536. The topological polar surface area (TPSA) is 38.3 Å². The second-order valence-corrected chi connectivity index (χ2v) is 5.24. The summed E-state index contributed by atoms with van der Waals surface area (Å²) in [6.07, 6.45) is 1.14. The van der Waals surface area contributed by atoms with E-state index in [4.69, 9.17) is 16.3 Å². The Morgan fingerprint density at radius 3 is 2.62 bits per heavy atom. The second-order valence-electron chi connectivity index (χ2n) is 4.81. The minimum Gasteiger partial charge on any atom is -0.380 e. The van der Waals surface area contributed by atoms with Crippen molar-refractivity contribution in [3.05, 3.63) is 64.7 Å². The van der Waals surface area contributed by atoms with E-state index >= 15 is 0 Å². The van der Waals surface area contributed by atoms with Gasteiger partial charge in [0.15, 0.2) is 0 Å². The van der Waals surface area contributed by atoms with Crippen molar-refractivity contribution in [3.8, 4) is 0 Å². The van der Waals surface area contributed by atoms with Crippen molar-refractivity contribution in [2.75, 3.05) is 12.4 Å². The summed E-state index contributed by atoms with van der Waals surface area (Å²) in [5.41, 5.74) is 2.93. The lowest BCUT2D eigenvalue weighted by atomic mass is 10.1. The Labute approximate surface area is 129 Å². The van der Waals surface area contributed by atoms with Gasteiger partial charge in [0.1, 0.15) is 0 Å². The van der Waals surface area contributed by atoms with E-state index in [9.17, 15) is 4.79 Å². The van der Waals surface area contributed by atoms with Crippen molar-refractivity contribution >= 4 is 23.2 Å². The Morgan fingerprint density at radius 1 is 1.14 bits per heavy atom. The third-order valence-corrected chi connectivity index (χ3v) is 3.33. The molecule has 110 valence electrons. The van der Waals surface area contributed by atoms with Crippen LogP contribution in [0.5, 0.6) is 0 Å². The highest BCUT2D eigenvalue weighted by atomic mass is 35.5. The van der Waals surface area contributed by atoms with E-state index in [2.05, 4.69) is 5.32 Å². The van der Waals surface area contributed by atoms with Gasteiger partial charge in [-0.1, -0.05) is 35.9 Å². The Bertz CT molecular complexity index is 596. The largest absolute Gasteiger partial charge is 0.380 e. The van der Waals surface area contributed by atoms with Crippen molar-refractivity contribution in [2.24, 2.45) is 0 Å². The fourth-order valence-corrected chi connectivity index (χ4v) is 2.16.